The zero-order valence-corrected chi connectivity index (χ0v) is 10.8. The van der Waals surface area contributed by atoms with Crippen LogP contribution in [0.25, 0.3) is 0 Å². The average Bonchev–Trinajstić information content (AvgIpc) is 2.92. The third-order valence-electron chi connectivity index (χ3n) is 3.08. The minimum Gasteiger partial charge on any atom is -0.454 e. The van der Waals surface area contributed by atoms with Crippen molar-refractivity contribution in [3.8, 4) is 11.5 Å². The van der Waals surface area contributed by atoms with E-state index in [2.05, 4.69) is 5.32 Å². The summed E-state index contributed by atoms with van der Waals surface area (Å²) in [5, 5.41) is 13.5. The van der Waals surface area contributed by atoms with Crippen molar-refractivity contribution in [2.45, 2.75) is 6.54 Å². The number of fused-ring (bicyclic) bond motifs is 1. The van der Waals surface area contributed by atoms with Gasteiger partial charge in [0.1, 0.15) is 0 Å². The van der Waals surface area contributed by atoms with Crippen LogP contribution in [0.2, 0.25) is 0 Å². The molecule has 0 spiro atoms. The first-order chi connectivity index (χ1) is 10.1. The standard InChI is InChI=1S/C14H11FN2O4/c15-11-6-10(2-3-12(11)17(18)19)16-7-9-1-4-13-14(5-9)21-8-20-13/h1-6,16H,7-8H2. The predicted molar refractivity (Wildman–Crippen MR) is 72.9 cm³/mol. The van der Waals surface area contributed by atoms with Gasteiger partial charge in [0.15, 0.2) is 11.5 Å². The average molecular weight is 290 g/mol. The summed E-state index contributed by atoms with van der Waals surface area (Å²) in [7, 11) is 0. The molecule has 1 N–H and O–H groups in total. The molecule has 0 fully saturated rings. The molecule has 0 saturated heterocycles. The summed E-state index contributed by atoms with van der Waals surface area (Å²) in [6.45, 7) is 0.646. The highest BCUT2D eigenvalue weighted by Gasteiger charge is 2.15. The highest BCUT2D eigenvalue weighted by molar-refractivity contribution is 5.51. The third-order valence-corrected chi connectivity index (χ3v) is 3.08. The summed E-state index contributed by atoms with van der Waals surface area (Å²) >= 11 is 0. The van der Waals surface area contributed by atoms with E-state index in [4.69, 9.17) is 9.47 Å². The zero-order valence-electron chi connectivity index (χ0n) is 10.8. The molecule has 0 saturated carbocycles. The number of hydrogen-bond acceptors (Lipinski definition) is 5. The van der Waals surface area contributed by atoms with Crippen molar-refractivity contribution in [2.75, 3.05) is 12.1 Å². The molecule has 0 amide bonds. The van der Waals surface area contributed by atoms with Gasteiger partial charge in [-0.15, -0.1) is 0 Å². The van der Waals surface area contributed by atoms with E-state index in [0.29, 0.717) is 23.7 Å². The van der Waals surface area contributed by atoms with Crippen molar-refractivity contribution >= 4 is 11.4 Å². The van der Waals surface area contributed by atoms with E-state index in [1.54, 1.807) is 6.07 Å². The van der Waals surface area contributed by atoms with Gasteiger partial charge in [0.05, 0.1) is 4.92 Å². The second-order valence-electron chi connectivity index (χ2n) is 4.46. The van der Waals surface area contributed by atoms with E-state index in [-0.39, 0.29) is 6.79 Å². The maximum Gasteiger partial charge on any atom is 0.304 e. The number of rotatable bonds is 4. The second-order valence-corrected chi connectivity index (χ2v) is 4.46. The monoisotopic (exact) mass is 290 g/mol. The Kier molecular flexibility index (Phi) is 3.31. The van der Waals surface area contributed by atoms with Gasteiger partial charge in [-0.2, -0.15) is 4.39 Å². The Hall–Kier alpha value is -2.83. The fourth-order valence-electron chi connectivity index (χ4n) is 2.02. The van der Waals surface area contributed by atoms with Crippen LogP contribution < -0.4 is 14.8 Å². The van der Waals surface area contributed by atoms with Gasteiger partial charge in [-0.3, -0.25) is 10.1 Å². The Balaban J connectivity index is 1.70. The Morgan fingerprint density at radius 1 is 1.19 bits per heavy atom. The van der Waals surface area contributed by atoms with Crippen molar-refractivity contribution in [3.63, 3.8) is 0 Å². The Labute approximate surface area is 119 Å². The molecule has 6 nitrogen and oxygen atoms in total. The van der Waals surface area contributed by atoms with Gasteiger partial charge >= 0.3 is 5.69 Å². The number of anilines is 1. The first kappa shape index (κ1) is 13.2. The lowest BCUT2D eigenvalue weighted by molar-refractivity contribution is -0.387. The number of ether oxygens (including phenoxy) is 2. The number of halogens is 1. The topological polar surface area (TPSA) is 73.6 Å². The fraction of sp³-hybridized carbons (Fsp3) is 0.143. The smallest absolute Gasteiger partial charge is 0.304 e. The molecule has 1 aliphatic heterocycles. The normalized spacial score (nSPS) is 12.2. The van der Waals surface area contributed by atoms with Crippen molar-refractivity contribution in [1.82, 2.24) is 0 Å². The second kappa shape index (κ2) is 5.28. The minimum atomic E-state index is -0.865. The van der Waals surface area contributed by atoms with E-state index in [0.717, 1.165) is 17.7 Å². The van der Waals surface area contributed by atoms with Crippen LogP contribution in [-0.4, -0.2) is 11.7 Å². The highest BCUT2D eigenvalue weighted by Crippen LogP contribution is 2.32. The Bertz CT molecular complexity index is 705. The number of nitro groups is 1. The molecule has 0 atom stereocenters. The van der Waals surface area contributed by atoms with Gasteiger partial charge in [-0.05, 0) is 23.8 Å². The van der Waals surface area contributed by atoms with Crippen LogP contribution in [0.15, 0.2) is 36.4 Å². The lowest BCUT2D eigenvalue weighted by Crippen LogP contribution is -2.01. The van der Waals surface area contributed by atoms with E-state index >= 15 is 0 Å². The number of benzene rings is 2. The largest absolute Gasteiger partial charge is 0.454 e. The summed E-state index contributed by atoms with van der Waals surface area (Å²) < 4.78 is 24.0. The van der Waals surface area contributed by atoms with E-state index in [9.17, 15) is 14.5 Å². The summed E-state index contributed by atoms with van der Waals surface area (Å²) in [4.78, 5) is 9.79. The highest BCUT2D eigenvalue weighted by atomic mass is 19.1. The SMILES string of the molecule is O=[N+]([O-])c1ccc(NCc2ccc3c(c2)OCO3)cc1F. The molecule has 2 aromatic carbocycles. The van der Waals surface area contributed by atoms with Crippen LogP contribution in [-0.2, 0) is 6.54 Å². The lowest BCUT2D eigenvalue weighted by Gasteiger charge is -2.07. The Morgan fingerprint density at radius 3 is 2.76 bits per heavy atom. The Morgan fingerprint density at radius 2 is 2.00 bits per heavy atom. The van der Waals surface area contributed by atoms with Crippen LogP contribution in [0, 0.1) is 15.9 Å². The van der Waals surface area contributed by atoms with Crippen LogP contribution in [0.5, 0.6) is 11.5 Å². The first-order valence-corrected chi connectivity index (χ1v) is 6.20. The molecule has 0 aromatic heterocycles. The van der Waals surface area contributed by atoms with Gasteiger partial charge in [0.25, 0.3) is 0 Å². The summed E-state index contributed by atoms with van der Waals surface area (Å²) in [6, 6.07) is 9.20. The fourth-order valence-corrected chi connectivity index (χ4v) is 2.02. The molecule has 1 aliphatic rings. The molecule has 3 rings (SSSR count). The van der Waals surface area contributed by atoms with Crippen LogP contribution in [0.3, 0.4) is 0 Å². The lowest BCUT2D eigenvalue weighted by atomic mass is 10.2. The van der Waals surface area contributed by atoms with Crippen LogP contribution >= 0.6 is 0 Å². The molecule has 0 aliphatic carbocycles. The molecule has 7 heteroatoms. The quantitative estimate of drug-likeness (QED) is 0.692. The summed E-state index contributed by atoms with van der Waals surface area (Å²) in [6.07, 6.45) is 0. The van der Waals surface area contributed by atoms with Crippen molar-refractivity contribution in [1.29, 1.82) is 0 Å². The zero-order chi connectivity index (χ0) is 14.8. The van der Waals surface area contributed by atoms with Gasteiger partial charge in [0, 0.05) is 24.4 Å². The van der Waals surface area contributed by atoms with Gasteiger partial charge < -0.3 is 14.8 Å². The maximum absolute atomic E-state index is 13.5. The molecule has 0 radical (unpaired) electrons. The summed E-state index contributed by atoms with van der Waals surface area (Å²) in [5.74, 6) is 0.500. The van der Waals surface area contributed by atoms with Gasteiger partial charge in [-0.25, -0.2) is 0 Å². The van der Waals surface area contributed by atoms with Crippen molar-refractivity contribution in [2.24, 2.45) is 0 Å². The third kappa shape index (κ3) is 2.71. The molecular weight excluding hydrogens is 279 g/mol. The first-order valence-electron chi connectivity index (χ1n) is 6.20. The van der Waals surface area contributed by atoms with E-state index in [1.165, 1.54) is 6.07 Å². The van der Waals surface area contributed by atoms with Crippen molar-refractivity contribution in [3.05, 3.63) is 57.9 Å². The molecule has 1 heterocycles. The van der Waals surface area contributed by atoms with E-state index < -0.39 is 16.4 Å². The van der Waals surface area contributed by atoms with Gasteiger partial charge in [0.2, 0.25) is 12.6 Å². The van der Waals surface area contributed by atoms with E-state index in [1.807, 2.05) is 12.1 Å². The molecule has 0 bridgehead atoms. The number of nitrogens with zero attached hydrogens (tertiary/aromatic N) is 1. The predicted octanol–water partition coefficient (Wildman–Crippen LogP) is 3.07. The maximum atomic E-state index is 13.5. The minimum absolute atomic E-state index is 0.208. The molecular formula is C14H11FN2O4. The number of nitrogens with one attached hydrogen (secondary N) is 1. The van der Waals surface area contributed by atoms with Crippen LogP contribution in [0.1, 0.15) is 5.56 Å². The molecule has 2 aromatic rings. The summed E-state index contributed by atoms with van der Waals surface area (Å²) in [5.41, 5.74) is 0.859. The van der Waals surface area contributed by atoms with Crippen molar-refractivity contribution < 1.29 is 18.8 Å². The molecule has 108 valence electrons. The molecule has 0 unspecified atom stereocenters. The van der Waals surface area contributed by atoms with Crippen LogP contribution in [0.4, 0.5) is 15.8 Å². The molecule has 21 heavy (non-hydrogen) atoms. The number of hydrogen-bond donors (Lipinski definition) is 1. The van der Waals surface area contributed by atoms with Gasteiger partial charge in [-0.1, -0.05) is 6.07 Å². The number of nitro benzene ring substituents is 1.